The second-order valence-corrected chi connectivity index (χ2v) is 7.01. The van der Waals surface area contributed by atoms with Gasteiger partial charge >= 0.3 is 11.9 Å². The lowest BCUT2D eigenvalue weighted by Gasteiger charge is -2.35. The van der Waals surface area contributed by atoms with Crippen molar-refractivity contribution >= 4 is 28.5 Å². The van der Waals surface area contributed by atoms with Crippen LogP contribution in [0.5, 0.6) is 5.75 Å². The number of ether oxygens (including phenoxy) is 3. The number of aromatic amines is 1. The predicted octanol–water partition coefficient (Wildman–Crippen LogP) is 3.68. The third-order valence-electron chi connectivity index (χ3n) is 4.98. The van der Waals surface area contributed by atoms with Crippen LogP contribution in [0.2, 0.25) is 0 Å². The number of aromatic nitrogens is 1. The molecule has 0 saturated carbocycles. The van der Waals surface area contributed by atoms with Gasteiger partial charge in [-0.05, 0) is 31.5 Å². The monoisotopic (exact) mass is 408 g/mol. The van der Waals surface area contributed by atoms with Crippen molar-refractivity contribution in [2.45, 2.75) is 26.5 Å². The summed E-state index contributed by atoms with van der Waals surface area (Å²) in [6, 6.07) is 15.6. The van der Waals surface area contributed by atoms with Crippen molar-refractivity contribution in [2.75, 3.05) is 24.7 Å². The van der Waals surface area contributed by atoms with Crippen LogP contribution in [-0.2, 0) is 20.8 Å². The molecule has 2 heterocycles. The second-order valence-electron chi connectivity index (χ2n) is 7.01. The lowest BCUT2D eigenvalue weighted by atomic mass is 10.1. The fourth-order valence-corrected chi connectivity index (χ4v) is 3.64. The molecule has 2 aromatic carbocycles. The summed E-state index contributed by atoms with van der Waals surface area (Å²) < 4.78 is 16.4. The van der Waals surface area contributed by atoms with E-state index in [0.717, 1.165) is 16.6 Å². The van der Waals surface area contributed by atoms with Crippen LogP contribution in [-0.4, -0.2) is 42.8 Å². The van der Waals surface area contributed by atoms with Gasteiger partial charge in [0.15, 0.2) is 5.75 Å². The molecule has 0 radical (unpaired) electrons. The highest BCUT2D eigenvalue weighted by molar-refractivity contribution is 5.99. The zero-order chi connectivity index (χ0) is 21.1. The maximum atomic E-state index is 12.5. The van der Waals surface area contributed by atoms with Crippen molar-refractivity contribution in [3.8, 4) is 5.75 Å². The molecule has 0 bridgehead atoms. The Balaban J connectivity index is 1.75. The van der Waals surface area contributed by atoms with Crippen LogP contribution >= 0.6 is 0 Å². The second kappa shape index (κ2) is 8.49. The minimum atomic E-state index is -0.763. The van der Waals surface area contributed by atoms with Crippen LogP contribution < -0.4 is 9.64 Å². The number of carbonyl (C=O) groups is 2. The maximum absolute atomic E-state index is 12.5. The minimum absolute atomic E-state index is 0.282. The topological polar surface area (TPSA) is 80.9 Å². The molecule has 1 unspecified atom stereocenters. The Labute approximate surface area is 174 Å². The van der Waals surface area contributed by atoms with E-state index >= 15 is 0 Å². The van der Waals surface area contributed by atoms with Gasteiger partial charge < -0.3 is 24.1 Å². The van der Waals surface area contributed by atoms with Gasteiger partial charge in [0.2, 0.25) is 6.10 Å². The molecule has 0 fully saturated rings. The van der Waals surface area contributed by atoms with Gasteiger partial charge in [-0.15, -0.1) is 0 Å². The predicted molar refractivity (Wildman–Crippen MR) is 113 cm³/mol. The molecule has 0 saturated heterocycles. The summed E-state index contributed by atoms with van der Waals surface area (Å²) in [6.07, 6.45) is -0.763. The van der Waals surface area contributed by atoms with Gasteiger partial charge in [-0.1, -0.05) is 36.4 Å². The van der Waals surface area contributed by atoms with Crippen LogP contribution in [0.4, 0.5) is 5.69 Å². The summed E-state index contributed by atoms with van der Waals surface area (Å²) in [4.78, 5) is 29.9. The van der Waals surface area contributed by atoms with E-state index in [1.165, 1.54) is 0 Å². The third kappa shape index (κ3) is 3.83. The lowest BCUT2D eigenvalue weighted by molar-refractivity contribution is -0.151. The minimum Gasteiger partial charge on any atom is -0.472 e. The van der Waals surface area contributed by atoms with Crippen molar-refractivity contribution in [1.29, 1.82) is 0 Å². The summed E-state index contributed by atoms with van der Waals surface area (Å²) in [6.45, 7) is 5.09. The number of benzene rings is 2. The first-order valence-electron chi connectivity index (χ1n) is 10.1. The van der Waals surface area contributed by atoms with Crippen molar-refractivity contribution in [1.82, 2.24) is 4.98 Å². The highest BCUT2D eigenvalue weighted by Crippen LogP contribution is 2.40. The first kappa shape index (κ1) is 19.8. The average molecular weight is 408 g/mol. The van der Waals surface area contributed by atoms with Gasteiger partial charge in [-0.25, -0.2) is 9.59 Å². The number of hydrogen-bond acceptors (Lipinski definition) is 6. The van der Waals surface area contributed by atoms with E-state index in [4.69, 9.17) is 14.2 Å². The van der Waals surface area contributed by atoms with Gasteiger partial charge in [-0.3, -0.25) is 0 Å². The number of anilines is 1. The van der Waals surface area contributed by atoms with Crippen LogP contribution in [0, 0.1) is 0 Å². The van der Waals surface area contributed by atoms with E-state index in [1.807, 2.05) is 42.5 Å². The zero-order valence-corrected chi connectivity index (χ0v) is 17.0. The summed E-state index contributed by atoms with van der Waals surface area (Å²) in [7, 11) is 0. The first-order valence-corrected chi connectivity index (χ1v) is 10.1. The van der Waals surface area contributed by atoms with Gasteiger partial charge in [0.1, 0.15) is 5.69 Å². The van der Waals surface area contributed by atoms with Crippen molar-refractivity contribution in [3.05, 3.63) is 59.8 Å². The SMILES string of the molecule is CCOC(=O)c1cc2ccc3c(c2[nH]1)OC(C(=O)OCC)CN3Cc1ccccc1. The van der Waals surface area contributed by atoms with Crippen LogP contribution in [0.25, 0.3) is 10.9 Å². The van der Waals surface area contributed by atoms with Gasteiger partial charge in [0.05, 0.1) is 31.0 Å². The number of hydrogen-bond donors (Lipinski definition) is 1. The number of carbonyl (C=O) groups excluding carboxylic acids is 2. The maximum Gasteiger partial charge on any atom is 0.354 e. The molecule has 0 aliphatic carbocycles. The Morgan fingerprint density at radius 1 is 1.10 bits per heavy atom. The van der Waals surface area contributed by atoms with E-state index in [-0.39, 0.29) is 6.61 Å². The highest BCUT2D eigenvalue weighted by Gasteiger charge is 2.33. The summed E-state index contributed by atoms with van der Waals surface area (Å²) in [5.74, 6) is -0.306. The van der Waals surface area contributed by atoms with Crippen molar-refractivity contribution < 1.29 is 23.8 Å². The summed E-state index contributed by atoms with van der Waals surface area (Å²) >= 11 is 0. The quantitative estimate of drug-likeness (QED) is 0.627. The average Bonchev–Trinajstić information content (AvgIpc) is 3.20. The Morgan fingerprint density at radius 3 is 2.60 bits per heavy atom. The number of esters is 2. The fourth-order valence-electron chi connectivity index (χ4n) is 3.64. The van der Waals surface area contributed by atoms with Crippen LogP contribution in [0.1, 0.15) is 29.9 Å². The molecule has 7 heteroatoms. The molecule has 1 aromatic heterocycles. The molecule has 7 nitrogen and oxygen atoms in total. The highest BCUT2D eigenvalue weighted by atomic mass is 16.6. The van der Waals surface area contributed by atoms with E-state index in [1.54, 1.807) is 19.9 Å². The number of nitrogens with one attached hydrogen (secondary N) is 1. The standard InChI is InChI=1S/C23H24N2O5/c1-3-28-22(26)17-12-16-10-11-18-21(20(16)24-17)30-19(23(27)29-4-2)14-25(18)13-15-8-6-5-7-9-15/h5-12,19,24H,3-4,13-14H2,1-2H3. The summed E-state index contributed by atoms with van der Waals surface area (Å²) in [5.41, 5.74) is 2.97. The molecule has 3 aromatic rings. The van der Waals surface area contributed by atoms with E-state index in [2.05, 4.69) is 9.88 Å². The molecule has 156 valence electrons. The van der Waals surface area contributed by atoms with E-state index < -0.39 is 18.0 Å². The summed E-state index contributed by atoms with van der Waals surface area (Å²) in [5, 5.41) is 0.806. The lowest BCUT2D eigenvalue weighted by Crippen LogP contribution is -2.45. The van der Waals surface area contributed by atoms with E-state index in [9.17, 15) is 9.59 Å². The molecule has 1 aliphatic rings. The third-order valence-corrected chi connectivity index (χ3v) is 4.98. The molecule has 30 heavy (non-hydrogen) atoms. The van der Waals surface area contributed by atoms with Crippen LogP contribution in [0.15, 0.2) is 48.5 Å². The first-order chi connectivity index (χ1) is 14.6. The molecule has 1 N–H and O–H groups in total. The molecule has 0 amide bonds. The number of fused-ring (bicyclic) bond motifs is 3. The fraction of sp³-hybridized carbons (Fsp3) is 0.304. The van der Waals surface area contributed by atoms with Crippen molar-refractivity contribution in [2.24, 2.45) is 0 Å². The molecule has 1 aliphatic heterocycles. The number of H-pyrrole nitrogens is 1. The largest absolute Gasteiger partial charge is 0.472 e. The molecule has 0 spiro atoms. The Bertz CT molecular complexity index is 1060. The Kier molecular flexibility index (Phi) is 5.61. The van der Waals surface area contributed by atoms with Crippen LogP contribution in [0.3, 0.4) is 0 Å². The molecule has 1 atom stereocenters. The molecular formula is C23H24N2O5. The van der Waals surface area contributed by atoms with E-state index in [0.29, 0.717) is 36.7 Å². The zero-order valence-electron chi connectivity index (χ0n) is 17.0. The van der Waals surface area contributed by atoms with Gasteiger partial charge in [-0.2, -0.15) is 0 Å². The smallest absolute Gasteiger partial charge is 0.354 e. The molecular weight excluding hydrogens is 384 g/mol. The Morgan fingerprint density at radius 2 is 1.87 bits per heavy atom. The van der Waals surface area contributed by atoms with Crippen molar-refractivity contribution in [3.63, 3.8) is 0 Å². The Hall–Kier alpha value is -3.48. The number of rotatable bonds is 6. The molecule has 4 rings (SSSR count). The van der Waals surface area contributed by atoms with Gasteiger partial charge in [0.25, 0.3) is 0 Å². The number of nitrogens with zero attached hydrogens (tertiary/aromatic N) is 1. The normalized spacial score (nSPS) is 15.4. The van der Waals surface area contributed by atoms with Gasteiger partial charge in [0, 0.05) is 11.9 Å².